The quantitative estimate of drug-likeness (QED) is 0.803. The van der Waals surface area contributed by atoms with Gasteiger partial charge in [-0.15, -0.1) is 0 Å². The molecule has 6 heteroatoms. The monoisotopic (exact) mass is 390 g/mol. The number of rotatable bonds is 4. The van der Waals surface area contributed by atoms with Crippen LogP contribution in [0.4, 0.5) is 5.69 Å². The maximum absolute atomic E-state index is 13.3. The number of allylic oxidation sites excluding steroid dienone is 2. The summed E-state index contributed by atoms with van der Waals surface area (Å²) in [6, 6.07) is 13.6. The van der Waals surface area contributed by atoms with Gasteiger partial charge < -0.3 is 15.0 Å². The van der Waals surface area contributed by atoms with E-state index in [4.69, 9.17) is 4.74 Å². The molecular weight excluding hydrogens is 368 g/mol. The molecule has 2 aromatic rings. The number of carbonyl (C=O) groups excluding carboxylic acids is 3. The van der Waals surface area contributed by atoms with Gasteiger partial charge in [-0.3, -0.25) is 9.59 Å². The number of carbonyl (C=O) groups is 3. The Hall–Kier alpha value is -3.41. The number of ether oxygens (including phenoxy) is 1. The second-order valence-corrected chi connectivity index (χ2v) is 7.17. The number of fused-ring (bicyclic) bond motifs is 1. The number of benzene rings is 2. The Balaban J connectivity index is 1.74. The highest BCUT2D eigenvalue weighted by Crippen LogP contribution is 2.31. The number of likely N-dealkylation sites (tertiary alicyclic amines) is 1. The van der Waals surface area contributed by atoms with Crippen LogP contribution in [0.1, 0.15) is 50.3 Å². The standard InChI is InChI=1S/C23H22N2O4/c1-29-23(28)15-9-11-16(12-10-15)24-19-20(25-13-5-2-6-14-25)22(27)18-8-4-3-7-17(18)21(19)26/h3-4,7-12,24H,2,5-6,13-14H2,1H3. The molecule has 0 radical (unpaired) electrons. The van der Waals surface area contributed by atoms with Gasteiger partial charge in [0.1, 0.15) is 11.4 Å². The van der Waals surface area contributed by atoms with Crippen molar-refractivity contribution in [3.63, 3.8) is 0 Å². The zero-order chi connectivity index (χ0) is 20.4. The van der Waals surface area contributed by atoms with Crippen molar-refractivity contribution in [2.24, 2.45) is 0 Å². The maximum Gasteiger partial charge on any atom is 0.337 e. The fourth-order valence-corrected chi connectivity index (χ4v) is 3.85. The van der Waals surface area contributed by atoms with E-state index in [1.54, 1.807) is 48.5 Å². The molecule has 1 saturated heterocycles. The molecule has 1 aliphatic heterocycles. The van der Waals surface area contributed by atoms with E-state index in [9.17, 15) is 14.4 Å². The minimum Gasteiger partial charge on any atom is -0.465 e. The Morgan fingerprint density at radius 2 is 1.52 bits per heavy atom. The summed E-state index contributed by atoms with van der Waals surface area (Å²) in [5.41, 5.74) is 2.63. The van der Waals surface area contributed by atoms with Crippen LogP contribution in [0.25, 0.3) is 0 Å². The second-order valence-electron chi connectivity index (χ2n) is 7.17. The highest BCUT2D eigenvalue weighted by atomic mass is 16.5. The minimum absolute atomic E-state index is 0.129. The number of Topliss-reactive ketones (excluding diaryl/α,β-unsaturated/α-hetero) is 2. The molecule has 0 spiro atoms. The van der Waals surface area contributed by atoms with Crippen LogP contribution in [0.5, 0.6) is 0 Å². The predicted molar refractivity (Wildman–Crippen MR) is 109 cm³/mol. The van der Waals surface area contributed by atoms with Gasteiger partial charge in [0.2, 0.25) is 11.6 Å². The fourth-order valence-electron chi connectivity index (χ4n) is 3.85. The lowest BCUT2D eigenvalue weighted by Crippen LogP contribution is -2.39. The molecule has 0 aromatic heterocycles. The van der Waals surface area contributed by atoms with Crippen LogP contribution in [-0.4, -0.2) is 42.6 Å². The predicted octanol–water partition coefficient (Wildman–Crippen LogP) is 3.66. The van der Waals surface area contributed by atoms with E-state index in [0.717, 1.165) is 32.4 Å². The number of ketones is 2. The smallest absolute Gasteiger partial charge is 0.337 e. The van der Waals surface area contributed by atoms with Crippen molar-refractivity contribution in [2.45, 2.75) is 19.3 Å². The Morgan fingerprint density at radius 3 is 2.14 bits per heavy atom. The molecule has 0 unspecified atom stereocenters. The number of nitrogens with zero attached hydrogens (tertiary/aromatic N) is 1. The molecule has 0 atom stereocenters. The lowest BCUT2D eigenvalue weighted by atomic mass is 9.89. The molecule has 1 N–H and O–H groups in total. The average molecular weight is 390 g/mol. The third-order valence-corrected chi connectivity index (χ3v) is 5.34. The van der Waals surface area contributed by atoms with E-state index in [1.165, 1.54) is 7.11 Å². The zero-order valence-electron chi connectivity index (χ0n) is 16.2. The van der Waals surface area contributed by atoms with Crippen LogP contribution in [0.3, 0.4) is 0 Å². The zero-order valence-corrected chi connectivity index (χ0v) is 16.2. The van der Waals surface area contributed by atoms with E-state index in [1.807, 2.05) is 4.90 Å². The Bertz CT molecular complexity index is 1000. The first-order valence-electron chi connectivity index (χ1n) is 9.73. The fraction of sp³-hybridized carbons (Fsp3) is 0.261. The molecule has 0 amide bonds. The largest absolute Gasteiger partial charge is 0.465 e. The summed E-state index contributed by atoms with van der Waals surface area (Å²) in [4.78, 5) is 40.2. The molecule has 0 saturated carbocycles. The van der Waals surface area contributed by atoms with E-state index < -0.39 is 5.97 Å². The molecule has 6 nitrogen and oxygen atoms in total. The summed E-state index contributed by atoms with van der Waals surface area (Å²) in [5, 5.41) is 3.15. The van der Waals surface area contributed by atoms with Crippen molar-refractivity contribution < 1.29 is 19.1 Å². The van der Waals surface area contributed by atoms with Gasteiger partial charge in [0.05, 0.1) is 12.7 Å². The number of nitrogens with one attached hydrogen (secondary N) is 1. The summed E-state index contributed by atoms with van der Waals surface area (Å²) in [7, 11) is 1.33. The van der Waals surface area contributed by atoms with Gasteiger partial charge >= 0.3 is 5.97 Å². The van der Waals surface area contributed by atoms with Crippen molar-refractivity contribution in [1.82, 2.24) is 4.90 Å². The first kappa shape index (κ1) is 18.9. The summed E-state index contributed by atoms with van der Waals surface area (Å²) in [6.45, 7) is 1.51. The average Bonchev–Trinajstić information content (AvgIpc) is 2.78. The molecule has 1 heterocycles. The van der Waals surface area contributed by atoms with Crippen LogP contribution in [0.2, 0.25) is 0 Å². The summed E-state index contributed by atoms with van der Waals surface area (Å²) in [5.74, 6) is -0.754. The molecular formula is C23H22N2O4. The van der Waals surface area contributed by atoms with Crippen LogP contribution in [-0.2, 0) is 4.74 Å². The van der Waals surface area contributed by atoms with Gasteiger partial charge in [-0.1, -0.05) is 24.3 Å². The number of piperidine rings is 1. The summed E-state index contributed by atoms with van der Waals surface area (Å²) < 4.78 is 4.72. The summed E-state index contributed by atoms with van der Waals surface area (Å²) >= 11 is 0. The number of methoxy groups -OCH3 is 1. The molecule has 1 fully saturated rings. The Morgan fingerprint density at radius 1 is 0.897 bits per heavy atom. The van der Waals surface area contributed by atoms with E-state index in [0.29, 0.717) is 33.8 Å². The van der Waals surface area contributed by atoms with Crippen molar-refractivity contribution in [1.29, 1.82) is 0 Å². The number of esters is 1. The van der Waals surface area contributed by atoms with E-state index in [2.05, 4.69) is 5.32 Å². The van der Waals surface area contributed by atoms with Crippen LogP contribution in [0, 0.1) is 0 Å². The van der Waals surface area contributed by atoms with Gasteiger partial charge in [0.15, 0.2) is 0 Å². The topological polar surface area (TPSA) is 75.7 Å². The van der Waals surface area contributed by atoms with Crippen LogP contribution < -0.4 is 5.32 Å². The Kier molecular flexibility index (Phi) is 5.16. The van der Waals surface area contributed by atoms with Gasteiger partial charge in [-0.2, -0.15) is 0 Å². The van der Waals surface area contributed by atoms with Crippen molar-refractivity contribution in [2.75, 3.05) is 25.5 Å². The first-order chi connectivity index (χ1) is 14.1. The van der Waals surface area contributed by atoms with Crippen LogP contribution >= 0.6 is 0 Å². The highest BCUT2D eigenvalue weighted by molar-refractivity contribution is 6.27. The third-order valence-electron chi connectivity index (χ3n) is 5.34. The second kappa shape index (κ2) is 7.91. The number of anilines is 1. The SMILES string of the molecule is COC(=O)c1ccc(NC2=C(N3CCCCC3)C(=O)c3ccccc3C2=O)cc1. The van der Waals surface area contributed by atoms with E-state index in [-0.39, 0.29) is 11.6 Å². The number of hydrogen-bond donors (Lipinski definition) is 1. The molecule has 4 rings (SSSR count). The summed E-state index contributed by atoms with van der Waals surface area (Å²) in [6.07, 6.45) is 3.11. The number of hydrogen-bond acceptors (Lipinski definition) is 6. The molecule has 148 valence electrons. The minimum atomic E-state index is -0.428. The first-order valence-corrected chi connectivity index (χ1v) is 9.73. The van der Waals surface area contributed by atoms with Gasteiger partial charge in [-0.25, -0.2) is 4.79 Å². The van der Waals surface area contributed by atoms with Gasteiger partial charge in [0.25, 0.3) is 0 Å². The highest BCUT2D eigenvalue weighted by Gasteiger charge is 2.35. The van der Waals surface area contributed by atoms with E-state index >= 15 is 0 Å². The lowest BCUT2D eigenvalue weighted by Gasteiger charge is -2.34. The van der Waals surface area contributed by atoms with Crippen molar-refractivity contribution >= 4 is 23.2 Å². The van der Waals surface area contributed by atoms with Gasteiger partial charge in [-0.05, 0) is 43.5 Å². The van der Waals surface area contributed by atoms with Crippen molar-refractivity contribution in [3.05, 3.63) is 76.6 Å². The van der Waals surface area contributed by atoms with Crippen LogP contribution in [0.15, 0.2) is 59.9 Å². The molecule has 29 heavy (non-hydrogen) atoms. The molecule has 1 aliphatic carbocycles. The Labute approximate surface area is 169 Å². The maximum atomic E-state index is 13.3. The van der Waals surface area contributed by atoms with Crippen molar-refractivity contribution in [3.8, 4) is 0 Å². The molecule has 2 aliphatic rings. The molecule has 0 bridgehead atoms. The van der Waals surface area contributed by atoms with Gasteiger partial charge in [0, 0.05) is 29.9 Å². The third kappa shape index (κ3) is 3.53. The normalized spacial score (nSPS) is 16.5. The molecule has 2 aromatic carbocycles. The lowest BCUT2D eigenvalue weighted by molar-refractivity contribution is 0.0600.